The summed E-state index contributed by atoms with van der Waals surface area (Å²) >= 11 is 0. The number of aliphatic hydroxyl groups is 1. The van der Waals surface area contributed by atoms with Crippen LogP contribution >= 0.6 is 0 Å². The van der Waals surface area contributed by atoms with Gasteiger partial charge in [-0.25, -0.2) is 0 Å². The largest absolute Gasteiger partial charge is 0.503 e. The highest BCUT2D eigenvalue weighted by Crippen LogP contribution is 2.42. The van der Waals surface area contributed by atoms with Gasteiger partial charge < -0.3 is 9.52 Å². The van der Waals surface area contributed by atoms with Gasteiger partial charge in [-0.05, 0) is 40.8 Å². The molecule has 1 aliphatic heterocycles. The smallest absolute Gasteiger partial charge is 0.294 e. The first-order valence-corrected chi connectivity index (χ1v) is 11.2. The first-order chi connectivity index (χ1) is 16.3. The van der Waals surface area contributed by atoms with Gasteiger partial charge in [0.05, 0.1) is 11.6 Å². The third kappa shape index (κ3) is 3.59. The fourth-order valence-electron chi connectivity index (χ4n) is 4.40. The number of furan rings is 1. The molecular formula is C29H25NO4. The fraction of sp³-hybridized carbons (Fsp3) is 0.172. The summed E-state index contributed by atoms with van der Waals surface area (Å²) in [7, 11) is 0. The van der Waals surface area contributed by atoms with Crippen LogP contribution in [0.15, 0.2) is 101 Å². The molecule has 34 heavy (non-hydrogen) atoms. The van der Waals surface area contributed by atoms with Crippen molar-refractivity contribution < 1.29 is 19.1 Å². The zero-order chi connectivity index (χ0) is 24.0. The van der Waals surface area contributed by atoms with Gasteiger partial charge in [0.2, 0.25) is 5.78 Å². The van der Waals surface area contributed by atoms with Crippen LogP contribution in [0.2, 0.25) is 0 Å². The van der Waals surface area contributed by atoms with Gasteiger partial charge in [0, 0.05) is 11.1 Å². The summed E-state index contributed by atoms with van der Waals surface area (Å²) < 4.78 is 5.79. The average molecular weight is 452 g/mol. The standard InChI is InChI=1S/C29H25NO4/c1-29(2,3)20-15-13-18(14-16-20)25-24(26(31)23-17-19-9-7-8-12-22(19)34-23)27(32)28(33)30(25)21-10-5-4-6-11-21/h4-17,25,32H,1-3H3. The molecule has 1 aromatic heterocycles. The Balaban J connectivity index is 1.65. The lowest BCUT2D eigenvalue weighted by atomic mass is 9.85. The zero-order valence-corrected chi connectivity index (χ0v) is 19.3. The molecule has 0 aliphatic carbocycles. The molecule has 170 valence electrons. The lowest BCUT2D eigenvalue weighted by Crippen LogP contribution is -2.31. The van der Waals surface area contributed by atoms with Crippen molar-refractivity contribution >= 4 is 28.3 Å². The molecule has 0 saturated carbocycles. The van der Waals surface area contributed by atoms with Crippen molar-refractivity contribution in [1.29, 1.82) is 0 Å². The minimum Gasteiger partial charge on any atom is -0.503 e. The summed E-state index contributed by atoms with van der Waals surface area (Å²) in [6.45, 7) is 6.37. The number of carbonyl (C=O) groups is 2. The van der Waals surface area contributed by atoms with Gasteiger partial charge in [0.15, 0.2) is 11.5 Å². The lowest BCUT2D eigenvalue weighted by molar-refractivity contribution is -0.117. The monoisotopic (exact) mass is 451 g/mol. The van der Waals surface area contributed by atoms with E-state index in [1.54, 1.807) is 24.3 Å². The third-order valence-corrected chi connectivity index (χ3v) is 6.23. The van der Waals surface area contributed by atoms with Crippen molar-refractivity contribution in [3.05, 3.63) is 113 Å². The van der Waals surface area contributed by atoms with E-state index in [0.717, 1.165) is 16.5 Å². The lowest BCUT2D eigenvalue weighted by Gasteiger charge is -2.27. The second kappa shape index (κ2) is 8.03. The molecule has 1 atom stereocenters. The number of Topliss-reactive ketones (excluding diaryl/α,β-unsaturated/α-hetero) is 1. The molecule has 5 rings (SSSR count). The summed E-state index contributed by atoms with van der Waals surface area (Å²) in [4.78, 5) is 28.4. The van der Waals surface area contributed by atoms with Crippen LogP contribution in [0.4, 0.5) is 5.69 Å². The van der Waals surface area contributed by atoms with Gasteiger partial charge in [-0.15, -0.1) is 0 Å². The van der Waals surface area contributed by atoms with Gasteiger partial charge in [-0.3, -0.25) is 14.5 Å². The zero-order valence-electron chi connectivity index (χ0n) is 19.3. The van der Waals surface area contributed by atoms with E-state index in [-0.39, 0.29) is 16.7 Å². The first kappa shape index (κ1) is 21.7. The molecule has 0 bridgehead atoms. The molecule has 0 fully saturated rings. The van der Waals surface area contributed by atoms with Crippen molar-refractivity contribution in [3.8, 4) is 0 Å². The molecule has 1 N–H and O–H groups in total. The van der Waals surface area contributed by atoms with Crippen LogP contribution in [0.25, 0.3) is 11.0 Å². The summed E-state index contributed by atoms with van der Waals surface area (Å²) in [5, 5.41) is 11.7. The van der Waals surface area contributed by atoms with E-state index in [0.29, 0.717) is 11.3 Å². The number of carbonyl (C=O) groups excluding carboxylic acids is 2. The first-order valence-electron chi connectivity index (χ1n) is 11.2. The molecule has 4 aromatic rings. The number of hydrogen-bond donors (Lipinski definition) is 1. The Morgan fingerprint density at radius 1 is 0.912 bits per heavy atom. The number of benzene rings is 3. The predicted molar refractivity (Wildman–Crippen MR) is 132 cm³/mol. The van der Waals surface area contributed by atoms with Crippen LogP contribution < -0.4 is 4.90 Å². The molecule has 5 heteroatoms. The molecule has 1 amide bonds. The number of amides is 1. The molecular weight excluding hydrogens is 426 g/mol. The van der Waals surface area contributed by atoms with E-state index in [1.807, 2.05) is 60.7 Å². The van der Waals surface area contributed by atoms with Gasteiger partial charge >= 0.3 is 0 Å². The Hall–Kier alpha value is -4.12. The molecule has 1 unspecified atom stereocenters. The molecule has 0 spiro atoms. The van der Waals surface area contributed by atoms with E-state index in [2.05, 4.69) is 20.8 Å². The van der Waals surface area contributed by atoms with Crippen LogP contribution in [0.3, 0.4) is 0 Å². The molecule has 0 saturated heterocycles. The second-order valence-electron chi connectivity index (χ2n) is 9.53. The number of para-hydroxylation sites is 2. The van der Waals surface area contributed by atoms with Crippen molar-refractivity contribution in [3.63, 3.8) is 0 Å². The number of aliphatic hydroxyl groups excluding tert-OH is 1. The van der Waals surface area contributed by atoms with Gasteiger partial charge in [-0.2, -0.15) is 0 Å². The van der Waals surface area contributed by atoms with Crippen LogP contribution in [-0.4, -0.2) is 16.8 Å². The number of rotatable bonds is 4. The summed E-state index contributed by atoms with van der Waals surface area (Å²) in [5.74, 6) is -1.60. The molecule has 0 radical (unpaired) electrons. The maximum absolute atomic E-state index is 13.7. The number of hydrogen-bond acceptors (Lipinski definition) is 4. The SMILES string of the molecule is CC(C)(C)c1ccc(C2C(C(=O)c3cc4ccccc4o3)=C(O)C(=O)N2c2ccccc2)cc1. The number of anilines is 1. The highest BCUT2D eigenvalue weighted by atomic mass is 16.3. The Morgan fingerprint density at radius 3 is 2.21 bits per heavy atom. The number of fused-ring (bicyclic) bond motifs is 1. The van der Waals surface area contributed by atoms with Crippen LogP contribution in [0.5, 0.6) is 0 Å². The predicted octanol–water partition coefficient (Wildman–Crippen LogP) is 6.51. The highest BCUT2D eigenvalue weighted by molar-refractivity contribution is 6.20. The highest BCUT2D eigenvalue weighted by Gasteiger charge is 2.45. The average Bonchev–Trinajstić information content (AvgIpc) is 3.38. The van der Waals surface area contributed by atoms with E-state index < -0.39 is 23.5 Å². The molecule has 1 aliphatic rings. The minimum atomic E-state index is -0.787. The number of nitrogens with zero attached hydrogens (tertiary/aromatic N) is 1. The van der Waals surface area contributed by atoms with Crippen LogP contribution in [-0.2, 0) is 10.2 Å². The number of ketones is 1. The quantitative estimate of drug-likeness (QED) is 0.359. The Kier molecular flexibility index (Phi) is 5.13. The van der Waals surface area contributed by atoms with E-state index in [4.69, 9.17) is 4.42 Å². The van der Waals surface area contributed by atoms with Crippen molar-refractivity contribution in [2.75, 3.05) is 4.90 Å². The summed E-state index contributed by atoms with van der Waals surface area (Å²) in [6, 6.07) is 25.1. The molecule has 3 aromatic carbocycles. The topological polar surface area (TPSA) is 70.7 Å². The molecule has 5 nitrogen and oxygen atoms in total. The summed E-state index contributed by atoms with van der Waals surface area (Å²) in [6.07, 6.45) is 0. The van der Waals surface area contributed by atoms with Crippen molar-refractivity contribution in [1.82, 2.24) is 0 Å². The van der Waals surface area contributed by atoms with Crippen molar-refractivity contribution in [2.45, 2.75) is 32.2 Å². The van der Waals surface area contributed by atoms with E-state index in [9.17, 15) is 14.7 Å². The van der Waals surface area contributed by atoms with Gasteiger partial charge in [0.25, 0.3) is 5.91 Å². The maximum atomic E-state index is 13.7. The molecule has 2 heterocycles. The van der Waals surface area contributed by atoms with Gasteiger partial charge in [0.1, 0.15) is 5.58 Å². The third-order valence-electron chi connectivity index (χ3n) is 6.23. The van der Waals surface area contributed by atoms with Crippen LogP contribution in [0, 0.1) is 0 Å². The fourth-order valence-corrected chi connectivity index (χ4v) is 4.40. The minimum absolute atomic E-state index is 0.0106. The van der Waals surface area contributed by atoms with Crippen molar-refractivity contribution in [2.24, 2.45) is 0 Å². The maximum Gasteiger partial charge on any atom is 0.294 e. The normalized spacial score (nSPS) is 16.5. The Bertz CT molecular complexity index is 1390. The Labute approximate surface area is 197 Å². The van der Waals surface area contributed by atoms with Gasteiger partial charge in [-0.1, -0.05) is 81.4 Å². The van der Waals surface area contributed by atoms with Crippen LogP contribution in [0.1, 0.15) is 48.5 Å². The summed E-state index contributed by atoms with van der Waals surface area (Å²) in [5.41, 5.74) is 2.99. The van der Waals surface area contributed by atoms with E-state index >= 15 is 0 Å². The Morgan fingerprint density at radius 2 is 1.56 bits per heavy atom. The van der Waals surface area contributed by atoms with E-state index in [1.165, 1.54) is 4.90 Å². The second-order valence-corrected chi connectivity index (χ2v) is 9.53.